The van der Waals surface area contributed by atoms with Gasteiger partial charge in [0.2, 0.25) is 0 Å². The Morgan fingerprint density at radius 3 is 2.00 bits per heavy atom. The molecule has 1 aliphatic carbocycles. The van der Waals surface area contributed by atoms with Crippen LogP contribution in [0.5, 0.6) is 0 Å². The molecule has 1 aliphatic rings. The molecule has 0 aliphatic heterocycles. The maximum atomic E-state index is 12.4. The van der Waals surface area contributed by atoms with Crippen LogP contribution in [0.3, 0.4) is 0 Å². The predicted molar refractivity (Wildman–Crippen MR) is 40.5 cm³/mol. The van der Waals surface area contributed by atoms with Gasteiger partial charge in [0, 0.05) is 6.42 Å². The van der Waals surface area contributed by atoms with Crippen molar-refractivity contribution in [1.29, 1.82) is 0 Å². The van der Waals surface area contributed by atoms with Crippen molar-refractivity contribution in [3.63, 3.8) is 0 Å². The van der Waals surface area contributed by atoms with Gasteiger partial charge in [-0.3, -0.25) is 0 Å². The zero-order valence-corrected chi connectivity index (χ0v) is 7.01. The molecule has 0 amide bonds. The number of aliphatic hydroxyl groups is 1. The number of nitrogens with two attached hydrogens (primary N) is 2. The summed E-state index contributed by atoms with van der Waals surface area (Å²) in [6.45, 7) is 0. The van der Waals surface area contributed by atoms with Crippen LogP contribution in [0.2, 0.25) is 0 Å². The molecule has 0 aromatic rings. The average molecular weight is 198 g/mol. The van der Waals surface area contributed by atoms with E-state index in [2.05, 4.69) is 0 Å². The summed E-state index contributed by atoms with van der Waals surface area (Å²) in [5, 5.41) is 9.27. The van der Waals surface area contributed by atoms with Crippen LogP contribution >= 0.6 is 0 Å². The zero-order chi connectivity index (χ0) is 10.3. The molecule has 0 bridgehead atoms. The van der Waals surface area contributed by atoms with Gasteiger partial charge in [0.1, 0.15) is 0 Å². The first-order valence-corrected chi connectivity index (χ1v) is 4.05. The highest BCUT2D eigenvalue weighted by Crippen LogP contribution is 2.60. The lowest BCUT2D eigenvalue weighted by molar-refractivity contribution is -0.215. The molecule has 3 nitrogen and oxygen atoms in total. The minimum Gasteiger partial charge on any atom is -0.392 e. The summed E-state index contributed by atoms with van der Waals surface area (Å²) in [6.07, 6.45) is -6.96. The van der Waals surface area contributed by atoms with Crippen molar-refractivity contribution < 1.29 is 18.3 Å². The topological polar surface area (TPSA) is 72.3 Å². The highest BCUT2D eigenvalue weighted by molar-refractivity contribution is 5.04. The fourth-order valence-corrected chi connectivity index (χ4v) is 1.42. The molecule has 0 heterocycles. The molecule has 0 spiro atoms. The Kier molecular flexibility index (Phi) is 2.57. The Labute approximate surface area is 73.9 Å². The predicted octanol–water partition coefficient (Wildman–Crippen LogP) is 0.323. The Hall–Kier alpha value is -0.330. The minimum absolute atomic E-state index is 0.0234. The van der Waals surface area contributed by atoms with Gasteiger partial charge in [0.15, 0.2) is 0 Å². The molecule has 1 unspecified atom stereocenters. The van der Waals surface area contributed by atoms with E-state index in [0.29, 0.717) is 0 Å². The SMILES string of the molecule is NC(N)CC(O)C1(C(F)(F)F)CC1. The van der Waals surface area contributed by atoms with Gasteiger partial charge in [-0.2, -0.15) is 13.2 Å². The first-order valence-electron chi connectivity index (χ1n) is 4.05. The quantitative estimate of drug-likeness (QED) is 0.572. The summed E-state index contributed by atoms with van der Waals surface area (Å²) < 4.78 is 37.1. The van der Waals surface area contributed by atoms with E-state index < -0.39 is 23.9 Å². The number of hydrogen-bond acceptors (Lipinski definition) is 3. The number of alkyl halides is 3. The third-order valence-corrected chi connectivity index (χ3v) is 2.49. The molecule has 13 heavy (non-hydrogen) atoms. The Morgan fingerprint density at radius 1 is 1.31 bits per heavy atom. The van der Waals surface area contributed by atoms with Crippen LogP contribution in [-0.4, -0.2) is 23.6 Å². The molecule has 0 aromatic carbocycles. The fourth-order valence-electron chi connectivity index (χ4n) is 1.42. The van der Waals surface area contributed by atoms with Crippen molar-refractivity contribution in [3.8, 4) is 0 Å². The van der Waals surface area contributed by atoms with Gasteiger partial charge < -0.3 is 16.6 Å². The molecular weight excluding hydrogens is 185 g/mol. The van der Waals surface area contributed by atoms with Gasteiger partial charge in [-0.05, 0) is 12.8 Å². The smallest absolute Gasteiger partial charge is 0.392 e. The van der Waals surface area contributed by atoms with Gasteiger partial charge >= 0.3 is 6.18 Å². The van der Waals surface area contributed by atoms with E-state index in [0.717, 1.165) is 0 Å². The molecule has 0 saturated heterocycles. The molecule has 1 rings (SSSR count). The van der Waals surface area contributed by atoms with Gasteiger partial charge in [0.05, 0.1) is 17.7 Å². The maximum Gasteiger partial charge on any atom is 0.396 e. The first kappa shape index (κ1) is 10.7. The van der Waals surface area contributed by atoms with Crippen molar-refractivity contribution in [1.82, 2.24) is 0 Å². The third-order valence-electron chi connectivity index (χ3n) is 2.49. The van der Waals surface area contributed by atoms with E-state index in [-0.39, 0.29) is 19.3 Å². The lowest BCUT2D eigenvalue weighted by Gasteiger charge is -2.25. The van der Waals surface area contributed by atoms with Crippen LogP contribution in [-0.2, 0) is 0 Å². The van der Waals surface area contributed by atoms with Crippen LogP contribution in [0.15, 0.2) is 0 Å². The molecule has 78 valence electrons. The van der Waals surface area contributed by atoms with E-state index >= 15 is 0 Å². The van der Waals surface area contributed by atoms with Crippen molar-refractivity contribution >= 4 is 0 Å². The van der Waals surface area contributed by atoms with E-state index in [9.17, 15) is 18.3 Å². The van der Waals surface area contributed by atoms with Gasteiger partial charge in [-0.1, -0.05) is 0 Å². The van der Waals surface area contributed by atoms with Crippen LogP contribution in [0.4, 0.5) is 13.2 Å². The van der Waals surface area contributed by atoms with Crippen LogP contribution in [0.25, 0.3) is 0 Å². The first-order chi connectivity index (χ1) is 5.79. The molecule has 5 N–H and O–H groups in total. The largest absolute Gasteiger partial charge is 0.396 e. The van der Waals surface area contributed by atoms with Crippen molar-refractivity contribution in [2.24, 2.45) is 16.9 Å². The number of halogens is 3. The van der Waals surface area contributed by atoms with Gasteiger partial charge in [0.25, 0.3) is 0 Å². The van der Waals surface area contributed by atoms with Crippen LogP contribution < -0.4 is 11.5 Å². The highest BCUT2D eigenvalue weighted by atomic mass is 19.4. The summed E-state index contributed by atoms with van der Waals surface area (Å²) in [5.41, 5.74) is 8.30. The van der Waals surface area contributed by atoms with E-state index in [4.69, 9.17) is 11.5 Å². The Morgan fingerprint density at radius 2 is 1.77 bits per heavy atom. The lowest BCUT2D eigenvalue weighted by atomic mass is 9.95. The Balaban J connectivity index is 2.60. The maximum absolute atomic E-state index is 12.4. The standard InChI is InChI=1S/C7H13F3N2O/c8-7(9,10)6(1-2-6)4(13)3-5(11)12/h4-5,13H,1-3,11-12H2. The summed E-state index contributed by atoms with van der Waals surface area (Å²) in [7, 11) is 0. The van der Waals surface area contributed by atoms with Crippen molar-refractivity contribution in [2.45, 2.75) is 37.7 Å². The number of aliphatic hydroxyl groups excluding tert-OH is 1. The molecule has 1 fully saturated rings. The van der Waals surface area contributed by atoms with E-state index in [1.165, 1.54) is 0 Å². The molecule has 0 radical (unpaired) electrons. The van der Waals surface area contributed by atoms with Crippen LogP contribution in [0, 0.1) is 5.41 Å². The summed E-state index contributed by atoms with van der Waals surface area (Å²) in [4.78, 5) is 0. The fraction of sp³-hybridized carbons (Fsp3) is 1.00. The van der Waals surface area contributed by atoms with Crippen LogP contribution in [0.1, 0.15) is 19.3 Å². The summed E-state index contributed by atoms with van der Waals surface area (Å²) in [6, 6.07) is 0. The van der Waals surface area contributed by atoms with Crippen molar-refractivity contribution in [3.05, 3.63) is 0 Å². The normalized spacial score (nSPS) is 23.3. The zero-order valence-electron chi connectivity index (χ0n) is 7.01. The Bertz CT molecular complexity index is 189. The second-order valence-electron chi connectivity index (χ2n) is 3.57. The minimum atomic E-state index is -4.35. The van der Waals surface area contributed by atoms with E-state index in [1.54, 1.807) is 0 Å². The third kappa shape index (κ3) is 1.95. The van der Waals surface area contributed by atoms with Gasteiger partial charge in [-0.25, -0.2) is 0 Å². The summed E-state index contributed by atoms with van der Waals surface area (Å²) >= 11 is 0. The lowest BCUT2D eigenvalue weighted by Crippen LogP contribution is -2.42. The number of rotatable bonds is 3. The van der Waals surface area contributed by atoms with Crippen molar-refractivity contribution in [2.75, 3.05) is 0 Å². The van der Waals surface area contributed by atoms with E-state index in [1.807, 2.05) is 0 Å². The monoisotopic (exact) mass is 198 g/mol. The van der Waals surface area contributed by atoms with Gasteiger partial charge in [-0.15, -0.1) is 0 Å². The highest BCUT2D eigenvalue weighted by Gasteiger charge is 2.66. The molecular formula is C7H13F3N2O. The molecule has 0 aromatic heterocycles. The second-order valence-corrected chi connectivity index (χ2v) is 3.57. The summed E-state index contributed by atoms with van der Waals surface area (Å²) in [5.74, 6) is 0. The second kappa shape index (κ2) is 3.11. The average Bonchev–Trinajstić information content (AvgIpc) is 2.60. The molecule has 1 saturated carbocycles. The molecule has 6 heteroatoms. The molecule has 1 atom stereocenters. The number of hydrogen-bond donors (Lipinski definition) is 3.